The average molecular weight is 418 g/mol. The van der Waals surface area contributed by atoms with Crippen LogP contribution in [0.15, 0.2) is 12.2 Å². The smallest absolute Gasteiger partial charge is 0.405 e. The minimum atomic E-state index is -4.69. The second kappa shape index (κ2) is 7.02. The van der Waals surface area contributed by atoms with Crippen LogP contribution in [0.4, 0.5) is 13.2 Å². The van der Waals surface area contributed by atoms with E-state index in [1.165, 1.54) is 6.92 Å². The first-order valence-corrected chi connectivity index (χ1v) is 9.77. The third kappa shape index (κ3) is 3.22. The summed E-state index contributed by atoms with van der Waals surface area (Å²) >= 11 is 0. The van der Waals surface area contributed by atoms with Crippen LogP contribution in [0.1, 0.15) is 52.9 Å². The van der Waals surface area contributed by atoms with Crippen LogP contribution in [0.2, 0.25) is 0 Å². The predicted molar refractivity (Wildman–Crippen MR) is 93.3 cm³/mol. The number of hydrogen-bond donors (Lipinski definition) is 0. The van der Waals surface area contributed by atoms with Gasteiger partial charge in [-0.1, -0.05) is 20.4 Å². The van der Waals surface area contributed by atoms with Crippen molar-refractivity contribution in [3.8, 4) is 0 Å². The molecule has 29 heavy (non-hydrogen) atoms. The zero-order chi connectivity index (χ0) is 21.8. The molecule has 0 aromatic carbocycles. The van der Waals surface area contributed by atoms with Crippen LogP contribution >= 0.6 is 0 Å². The maximum atomic E-state index is 13.6. The Morgan fingerprint density at radius 2 is 1.90 bits per heavy atom. The molecular formula is C20H25F3O6. The Kier molecular flexibility index (Phi) is 5.24. The van der Waals surface area contributed by atoms with Crippen LogP contribution in [-0.2, 0) is 28.6 Å². The summed E-state index contributed by atoms with van der Waals surface area (Å²) in [6.07, 6.45) is -6.51. The fraction of sp³-hybridized carbons (Fsp3) is 0.750. The quantitative estimate of drug-likeness (QED) is 0.358. The van der Waals surface area contributed by atoms with E-state index in [9.17, 15) is 27.6 Å². The molecule has 1 saturated heterocycles. The summed E-state index contributed by atoms with van der Waals surface area (Å²) in [5.74, 6) is -4.20. The van der Waals surface area contributed by atoms with Gasteiger partial charge in [0.2, 0.25) is 0 Å². The lowest BCUT2D eigenvalue weighted by Gasteiger charge is -2.34. The number of esters is 3. The monoisotopic (exact) mass is 418 g/mol. The summed E-state index contributed by atoms with van der Waals surface area (Å²) in [7, 11) is 0. The number of hydrogen-bond acceptors (Lipinski definition) is 6. The minimum absolute atomic E-state index is 0.130. The van der Waals surface area contributed by atoms with Crippen LogP contribution in [0.25, 0.3) is 0 Å². The molecule has 0 aromatic heterocycles. The molecule has 0 spiro atoms. The molecule has 3 rings (SSSR count). The van der Waals surface area contributed by atoms with Crippen LogP contribution in [0.3, 0.4) is 0 Å². The molecule has 0 amide bonds. The Morgan fingerprint density at radius 3 is 2.41 bits per heavy atom. The molecule has 9 heteroatoms. The lowest BCUT2D eigenvalue weighted by atomic mass is 9.73. The number of ether oxygens (including phenoxy) is 3. The first kappa shape index (κ1) is 21.6. The molecule has 0 radical (unpaired) electrons. The number of halogens is 3. The van der Waals surface area contributed by atoms with Gasteiger partial charge in [-0.15, -0.1) is 0 Å². The fourth-order valence-corrected chi connectivity index (χ4v) is 4.98. The molecule has 162 valence electrons. The minimum Gasteiger partial charge on any atom is -0.458 e. The molecule has 3 fully saturated rings. The van der Waals surface area contributed by atoms with E-state index in [0.717, 1.165) is 0 Å². The van der Waals surface area contributed by atoms with Crippen molar-refractivity contribution in [3.63, 3.8) is 0 Å². The van der Waals surface area contributed by atoms with Gasteiger partial charge in [-0.25, -0.2) is 4.79 Å². The number of rotatable bonds is 7. The van der Waals surface area contributed by atoms with Crippen molar-refractivity contribution < 1.29 is 41.8 Å². The van der Waals surface area contributed by atoms with E-state index in [1.807, 2.05) is 0 Å². The normalized spacial score (nSPS) is 32.8. The Labute approximate surface area is 166 Å². The topological polar surface area (TPSA) is 78.9 Å². The molecule has 2 aliphatic carbocycles. The lowest BCUT2D eigenvalue weighted by molar-refractivity contribution is -0.231. The maximum absolute atomic E-state index is 13.6. The van der Waals surface area contributed by atoms with Crippen molar-refractivity contribution in [1.29, 1.82) is 0 Å². The van der Waals surface area contributed by atoms with Gasteiger partial charge in [0.25, 0.3) is 0 Å². The number of carbonyl (C=O) groups is 3. The SMILES string of the molecule is C=C(C)C(=O)OC(CC)(CC)CC(=O)OC1C2CC3C1OC(=O)C3(C(F)(F)F)C2. The summed E-state index contributed by atoms with van der Waals surface area (Å²) < 4.78 is 56.7. The molecule has 6 nitrogen and oxygen atoms in total. The van der Waals surface area contributed by atoms with E-state index in [0.29, 0.717) is 12.8 Å². The Bertz CT molecular complexity index is 741. The maximum Gasteiger partial charge on any atom is 0.405 e. The van der Waals surface area contributed by atoms with Crippen molar-refractivity contribution >= 4 is 17.9 Å². The van der Waals surface area contributed by atoms with E-state index in [-0.39, 0.29) is 18.4 Å². The van der Waals surface area contributed by atoms with E-state index < -0.39 is 65.6 Å². The van der Waals surface area contributed by atoms with Crippen molar-refractivity contribution in [2.75, 3.05) is 0 Å². The Hall–Kier alpha value is -2.06. The van der Waals surface area contributed by atoms with Crippen molar-refractivity contribution in [3.05, 3.63) is 12.2 Å². The van der Waals surface area contributed by atoms with E-state index >= 15 is 0 Å². The highest BCUT2D eigenvalue weighted by atomic mass is 19.4. The summed E-state index contributed by atoms with van der Waals surface area (Å²) in [5.41, 5.74) is -3.37. The van der Waals surface area contributed by atoms with Crippen molar-refractivity contribution in [2.24, 2.45) is 17.3 Å². The van der Waals surface area contributed by atoms with Gasteiger partial charge < -0.3 is 14.2 Å². The van der Waals surface area contributed by atoms with Gasteiger partial charge in [-0.2, -0.15) is 13.2 Å². The third-order valence-corrected chi connectivity index (χ3v) is 6.75. The van der Waals surface area contributed by atoms with Crippen LogP contribution in [-0.4, -0.2) is 41.9 Å². The molecule has 0 N–H and O–H groups in total. The van der Waals surface area contributed by atoms with Crippen LogP contribution < -0.4 is 0 Å². The van der Waals surface area contributed by atoms with Crippen LogP contribution in [0.5, 0.6) is 0 Å². The van der Waals surface area contributed by atoms with Gasteiger partial charge >= 0.3 is 24.1 Å². The summed E-state index contributed by atoms with van der Waals surface area (Å²) in [5, 5.41) is 0. The predicted octanol–water partition coefficient (Wildman–Crippen LogP) is 3.48. The zero-order valence-corrected chi connectivity index (χ0v) is 16.6. The number of alkyl halides is 3. The summed E-state index contributed by atoms with van der Waals surface area (Å²) in [4.78, 5) is 36.6. The van der Waals surface area contributed by atoms with E-state index in [1.54, 1.807) is 13.8 Å². The van der Waals surface area contributed by atoms with Crippen molar-refractivity contribution in [2.45, 2.75) is 76.9 Å². The van der Waals surface area contributed by atoms with Crippen LogP contribution in [0, 0.1) is 17.3 Å². The average Bonchev–Trinajstić information content (AvgIpc) is 3.23. The summed E-state index contributed by atoms with van der Waals surface area (Å²) in [6, 6.07) is 0. The highest BCUT2D eigenvalue weighted by Gasteiger charge is 2.80. The van der Waals surface area contributed by atoms with Gasteiger partial charge in [-0.05, 0) is 32.6 Å². The fourth-order valence-electron chi connectivity index (χ4n) is 4.98. The van der Waals surface area contributed by atoms with Gasteiger partial charge in [0.05, 0.1) is 6.42 Å². The number of fused-ring (bicyclic) bond motifs is 1. The third-order valence-electron chi connectivity index (χ3n) is 6.75. The van der Waals surface area contributed by atoms with Gasteiger partial charge in [-0.3, -0.25) is 9.59 Å². The molecule has 2 bridgehead atoms. The molecular weight excluding hydrogens is 393 g/mol. The van der Waals surface area contributed by atoms with Gasteiger partial charge in [0.15, 0.2) is 5.41 Å². The first-order chi connectivity index (χ1) is 13.4. The largest absolute Gasteiger partial charge is 0.458 e. The van der Waals surface area contributed by atoms with Gasteiger partial charge in [0.1, 0.15) is 17.8 Å². The molecule has 2 saturated carbocycles. The molecule has 0 aromatic rings. The van der Waals surface area contributed by atoms with Gasteiger partial charge in [0, 0.05) is 17.4 Å². The highest BCUT2D eigenvalue weighted by Crippen LogP contribution is 2.67. The second-order valence-corrected chi connectivity index (χ2v) is 8.34. The number of carbonyl (C=O) groups excluding carboxylic acids is 3. The second-order valence-electron chi connectivity index (χ2n) is 8.34. The standard InChI is InChI=1S/C20H25F3O6/c1-5-18(6-2,29-16(25)10(3)4)9-13(24)27-14-11-7-12-15(14)28-17(26)19(12,8-11)20(21,22)23/h11-12,14-15H,3,5-9H2,1-2,4H3. The molecule has 5 unspecified atom stereocenters. The van der Waals surface area contributed by atoms with E-state index in [2.05, 4.69) is 6.58 Å². The first-order valence-electron chi connectivity index (χ1n) is 9.77. The zero-order valence-electron chi connectivity index (χ0n) is 16.6. The van der Waals surface area contributed by atoms with E-state index in [4.69, 9.17) is 14.2 Å². The Morgan fingerprint density at radius 1 is 1.28 bits per heavy atom. The molecule has 3 aliphatic rings. The Balaban J connectivity index is 1.71. The molecule has 5 atom stereocenters. The highest BCUT2D eigenvalue weighted by molar-refractivity contribution is 5.87. The summed E-state index contributed by atoms with van der Waals surface area (Å²) in [6.45, 7) is 8.54. The van der Waals surface area contributed by atoms with Crippen molar-refractivity contribution in [1.82, 2.24) is 0 Å². The lowest BCUT2D eigenvalue weighted by Crippen LogP contribution is -2.49. The molecule has 1 heterocycles. The molecule has 1 aliphatic heterocycles.